The molecule has 0 bridgehead atoms. The van der Waals surface area contributed by atoms with Gasteiger partial charge in [-0.25, -0.2) is 0 Å². The molecule has 0 saturated carbocycles. The van der Waals surface area contributed by atoms with E-state index in [9.17, 15) is 23.3 Å². The summed E-state index contributed by atoms with van der Waals surface area (Å²) in [6.45, 7) is -0.550. The lowest BCUT2D eigenvalue weighted by molar-refractivity contribution is -0.385. The van der Waals surface area contributed by atoms with Crippen molar-refractivity contribution >= 4 is 5.69 Å². The van der Waals surface area contributed by atoms with Crippen LogP contribution in [0.1, 0.15) is 12.0 Å². The van der Waals surface area contributed by atoms with Crippen LogP contribution in [0.25, 0.3) is 0 Å². The molecule has 0 saturated heterocycles. The lowest BCUT2D eigenvalue weighted by Gasteiger charge is -2.09. The van der Waals surface area contributed by atoms with Gasteiger partial charge in [0.15, 0.2) is 5.75 Å². The molecule has 1 rings (SSSR count). The van der Waals surface area contributed by atoms with Crippen LogP contribution in [0.5, 0.6) is 5.75 Å². The first-order chi connectivity index (χ1) is 8.33. The van der Waals surface area contributed by atoms with Crippen molar-refractivity contribution in [2.24, 2.45) is 5.73 Å². The molecule has 0 aliphatic carbocycles. The number of halogens is 3. The first-order valence-electron chi connectivity index (χ1n) is 5.00. The fraction of sp³-hybridized carbons (Fsp3) is 0.400. The van der Waals surface area contributed by atoms with Gasteiger partial charge in [-0.1, -0.05) is 6.07 Å². The Morgan fingerprint density at radius 3 is 2.56 bits per heavy atom. The summed E-state index contributed by atoms with van der Waals surface area (Å²) in [4.78, 5) is 9.93. The molecular formula is C10H11F3N2O3. The Morgan fingerprint density at radius 1 is 1.39 bits per heavy atom. The van der Waals surface area contributed by atoms with Crippen molar-refractivity contribution in [3.8, 4) is 5.75 Å². The van der Waals surface area contributed by atoms with Crippen LogP contribution < -0.4 is 10.5 Å². The van der Waals surface area contributed by atoms with Crippen molar-refractivity contribution in [1.82, 2.24) is 0 Å². The first-order valence-corrected chi connectivity index (χ1v) is 5.00. The van der Waals surface area contributed by atoms with E-state index in [2.05, 4.69) is 0 Å². The summed E-state index contributed by atoms with van der Waals surface area (Å²) >= 11 is 0. The fourth-order valence-corrected chi connectivity index (χ4v) is 1.23. The normalized spacial score (nSPS) is 11.3. The van der Waals surface area contributed by atoms with Gasteiger partial charge in [-0.05, 0) is 11.6 Å². The molecule has 100 valence electrons. The predicted molar refractivity (Wildman–Crippen MR) is 57.2 cm³/mol. The summed E-state index contributed by atoms with van der Waals surface area (Å²) in [6.07, 6.45) is -5.53. The van der Waals surface area contributed by atoms with E-state index in [1.54, 1.807) is 0 Å². The standard InChI is InChI=1S/C10H11F3N2O3/c11-10(12,13)3-4-18-9-5-7(6-14)1-2-8(9)15(16)17/h1-2,5H,3-4,6,14H2. The third kappa shape index (κ3) is 4.21. The van der Waals surface area contributed by atoms with E-state index in [0.717, 1.165) is 6.07 Å². The highest BCUT2D eigenvalue weighted by Gasteiger charge is 2.27. The number of alkyl halides is 3. The molecule has 18 heavy (non-hydrogen) atoms. The van der Waals surface area contributed by atoms with E-state index in [1.807, 2.05) is 0 Å². The molecule has 8 heteroatoms. The summed E-state index contributed by atoms with van der Waals surface area (Å²) in [5.41, 5.74) is 5.50. The predicted octanol–water partition coefficient (Wildman–Crippen LogP) is 2.38. The third-order valence-corrected chi connectivity index (χ3v) is 2.10. The molecule has 0 unspecified atom stereocenters. The van der Waals surface area contributed by atoms with Crippen LogP contribution >= 0.6 is 0 Å². The molecule has 5 nitrogen and oxygen atoms in total. The molecule has 0 heterocycles. The van der Waals surface area contributed by atoms with Crippen LogP contribution in [-0.2, 0) is 6.54 Å². The van der Waals surface area contributed by atoms with Crippen molar-refractivity contribution in [1.29, 1.82) is 0 Å². The number of hydrogen-bond donors (Lipinski definition) is 1. The van der Waals surface area contributed by atoms with Crippen LogP contribution in [0.4, 0.5) is 18.9 Å². The van der Waals surface area contributed by atoms with Gasteiger partial charge in [-0.15, -0.1) is 0 Å². The van der Waals surface area contributed by atoms with E-state index in [1.165, 1.54) is 12.1 Å². The molecule has 1 aromatic rings. The number of ether oxygens (including phenoxy) is 1. The summed E-state index contributed by atoms with van der Waals surface area (Å²) in [5, 5.41) is 10.7. The van der Waals surface area contributed by atoms with Gasteiger partial charge in [0.25, 0.3) is 0 Å². The molecule has 2 N–H and O–H groups in total. The molecule has 0 aliphatic heterocycles. The van der Waals surface area contributed by atoms with Gasteiger partial charge >= 0.3 is 11.9 Å². The molecule has 0 atom stereocenters. The van der Waals surface area contributed by atoms with Crippen molar-refractivity contribution in [3.05, 3.63) is 33.9 Å². The molecule has 0 aliphatic rings. The van der Waals surface area contributed by atoms with Crippen LogP contribution in [-0.4, -0.2) is 17.7 Å². The van der Waals surface area contributed by atoms with Gasteiger partial charge in [0, 0.05) is 12.6 Å². The highest BCUT2D eigenvalue weighted by atomic mass is 19.4. The summed E-state index contributed by atoms with van der Waals surface area (Å²) in [6, 6.07) is 3.86. The van der Waals surface area contributed by atoms with Gasteiger partial charge < -0.3 is 10.5 Å². The van der Waals surface area contributed by atoms with Crippen LogP contribution in [0.2, 0.25) is 0 Å². The number of nitro groups is 1. The quantitative estimate of drug-likeness (QED) is 0.654. The highest BCUT2D eigenvalue weighted by Crippen LogP contribution is 2.29. The average Bonchev–Trinajstić information content (AvgIpc) is 2.26. The molecule has 0 radical (unpaired) electrons. The zero-order chi connectivity index (χ0) is 13.8. The molecular weight excluding hydrogens is 253 g/mol. The van der Waals surface area contributed by atoms with Gasteiger partial charge in [0.1, 0.15) is 0 Å². The Bertz CT molecular complexity index is 435. The van der Waals surface area contributed by atoms with Crippen molar-refractivity contribution < 1.29 is 22.8 Å². The third-order valence-electron chi connectivity index (χ3n) is 2.10. The number of nitrogens with two attached hydrogens (primary N) is 1. The van der Waals surface area contributed by atoms with E-state index in [0.29, 0.717) is 5.56 Å². The Hall–Kier alpha value is -1.83. The molecule has 0 fully saturated rings. The molecule has 0 spiro atoms. The fourth-order valence-electron chi connectivity index (χ4n) is 1.23. The minimum absolute atomic E-state index is 0.119. The lowest BCUT2D eigenvalue weighted by Crippen LogP contribution is -2.13. The topological polar surface area (TPSA) is 78.4 Å². The zero-order valence-electron chi connectivity index (χ0n) is 9.24. The van der Waals surface area contributed by atoms with Gasteiger partial charge in [0.2, 0.25) is 0 Å². The van der Waals surface area contributed by atoms with E-state index < -0.39 is 24.1 Å². The largest absolute Gasteiger partial charge is 0.486 e. The monoisotopic (exact) mass is 264 g/mol. The second-order valence-corrected chi connectivity index (χ2v) is 3.48. The smallest absolute Gasteiger partial charge is 0.392 e. The van der Waals surface area contributed by atoms with Crippen LogP contribution in [0.3, 0.4) is 0 Å². The van der Waals surface area contributed by atoms with Gasteiger partial charge in [0.05, 0.1) is 18.0 Å². The molecule has 0 aromatic heterocycles. The highest BCUT2D eigenvalue weighted by molar-refractivity contribution is 5.48. The van der Waals surface area contributed by atoms with E-state index in [-0.39, 0.29) is 18.0 Å². The van der Waals surface area contributed by atoms with E-state index in [4.69, 9.17) is 10.5 Å². The Labute approximate surface area is 100 Å². The second-order valence-electron chi connectivity index (χ2n) is 3.48. The second kappa shape index (κ2) is 5.67. The maximum absolute atomic E-state index is 11.9. The zero-order valence-corrected chi connectivity index (χ0v) is 9.24. The summed E-state index contributed by atoms with van der Waals surface area (Å²) in [5.74, 6) is -0.202. The summed E-state index contributed by atoms with van der Waals surface area (Å²) in [7, 11) is 0. The Balaban J connectivity index is 2.81. The van der Waals surface area contributed by atoms with Crippen molar-refractivity contribution in [3.63, 3.8) is 0 Å². The SMILES string of the molecule is NCc1ccc([N+](=O)[O-])c(OCCC(F)(F)F)c1. The Morgan fingerprint density at radius 2 is 2.06 bits per heavy atom. The number of benzene rings is 1. The van der Waals surface area contributed by atoms with E-state index >= 15 is 0 Å². The first kappa shape index (κ1) is 14.2. The van der Waals surface area contributed by atoms with Crippen LogP contribution in [0, 0.1) is 10.1 Å². The van der Waals surface area contributed by atoms with Crippen molar-refractivity contribution in [2.45, 2.75) is 19.1 Å². The molecule has 0 amide bonds. The molecule has 1 aromatic carbocycles. The number of hydrogen-bond acceptors (Lipinski definition) is 4. The Kier molecular flexibility index (Phi) is 4.49. The maximum Gasteiger partial charge on any atom is 0.392 e. The van der Waals surface area contributed by atoms with Crippen molar-refractivity contribution in [2.75, 3.05) is 6.61 Å². The van der Waals surface area contributed by atoms with Gasteiger partial charge in [-0.3, -0.25) is 10.1 Å². The maximum atomic E-state index is 11.9. The minimum atomic E-state index is -4.36. The number of rotatable bonds is 5. The number of nitro benzene ring substituents is 1. The number of nitrogens with zero attached hydrogens (tertiary/aromatic N) is 1. The minimum Gasteiger partial charge on any atom is -0.486 e. The van der Waals surface area contributed by atoms with Gasteiger partial charge in [-0.2, -0.15) is 13.2 Å². The summed E-state index contributed by atoms with van der Waals surface area (Å²) < 4.78 is 40.6. The average molecular weight is 264 g/mol. The van der Waals surface area contributed by atoms with Crippen LogP contribution in [0.15, 0.2) is 18.2 Å². The lowest BCUT2D eigenvalue weighted by atomic mass is 10.2.